The zero-order valence-corrected chi connectivity index (χ0v) is 16.0. The third kappa shape index (κ3) is 5.84. The Hall–Kier alpha value is -1.35. The van der Waals surface area contributed by atoms with Crippen LogP contribution in [0.4, 0.5) is 0 Å². The van der Waals surface area contributed by atoms with E-state index in [1.54, 1.807) is 0 Å². The van der Waals surface area contributed by atoms with E-state index in [0.29, 0.717) is 11.8 Å². The summed E-state index contributed by atoms with van der Waals surface area (Å²) in [6.45, 7) is 0. The average Bonchev–Trinajstić information content (AvgIpc) is 2.68. The van der Waals surface area contributed by atoms with Crippen LogP contribution in [0.1, 0.15) is 76.2 Å². The van der Waals surface area contributed by atoms with Gasteiger partial charge in [0.15, 0.2) is 0 Å². The molecular formula is C23H35NO2. The summed E-state index contributed by atoms with van der Waals surface area (Å²) in [7, 11) is 0. The first-order chi connectivity index (χ1) is 12.7. The molecule has 1 aromatic carbocycles. The lowest BCUT2D eigenvalue weighted by atomic mass is 9.76. The Kier molecular flexibility index (Phi) is 7.55. The van der Waals surface area contributed by atoms with E-state index in [2.05, 4.69) is 35.6 Å². The second-order valence-electron chi connectivity index (χ2n) is 8.40. The summed E-state index contributed by atoms with van der Waals surface area (Å²) >= 11 is 0. The fraction of sp³-hybridized carbons (Fsp3) is 0.696. The molecule has 0 aromatic heterocycles. The van der Waals surface area contributed by atoms with E-state index in [1.807, 2.05) is 0 Å². The lowest BCUT2D eigenvalue weighted by molar-refractivity contribution is -0.129. The van der Waals surface area contributed by atoms with Crippen LogP contribution in [-0.2, 0) is 11.2 Å². The Bertz CT molecular complexity index is 536. The van der Waals surface area contributed by atoms with Crippen molar-refractivity contribution in [2.45, 2.75) is 89.2 Å². The number of rotatable bonds is 7. The molecule has 1 amide bonds. The van der Waals surface area contributed by atoms with Gasteiger partial charge >= 0.3 is 0 Å². The molecule has 3 heteroatoms. The van der Waals surface area contributed by atoms with Crippen molar-refractivity contribution in [2.75, 3.05) is 0 Å². The molecule has 0 aliphatic heterocycles. The standard InChI is InChI=1S/C23H35NO2/c25-21-16-14-20(15-17-21)24-23(26)22-13-7-6-12-19(22)11-5-4-10-18-8-2-1-3-9-18/h1-3,8-9,19-22,25H,4-7,10-17H2,(H,24,26). The van der Waals surface area contributed by atoms with Gasteiger partial charge in [-0.15, -0.1) is 0 Å². The zero-order chi connectivity index (χ0) is 18.2. The van der Waals surface area contributed by atoms with Crippen molar-refractivity contribution in [1.29, 1.82) is 0 Å². The summed E-state index contributed by atoms with van der Waals surface area (Å²) in [6, 6.07) is 11.0. The second-order valence-corrected chi connectivity index (χ2v) is 8.40. The number of amides is 1. The normalized spacial score (nSPS) is 29.3. The number of aliphatic hydroxyl groups is 1. The number of carbonyl (C=O) groups is 1. The van der Waals surface area contributed by atoms with Gasteiger partial charge in [-0.2, -0.15) is 0 Å². The van der Waals surface area contributed by atoms with E-state index in [9.17, 15) is 9.90 Å². The second kappa shape index (κ2) is 10.1. The Labute approximate surface area is 158 Å². The van der Waals surface area contributed by atoms with Crippen LogP contribution in [0.15, 0.2) is 30.3 Å². The lowest BCUT2D eigenvalue weighted by Gasteiger charge is -2.33. The maximum Gasteiger partial charge on any atom is 0.223 e. The number of nitrogens with one attached hydrogen (secondary N) is 1. The molecule has 144 valence electrons. The van der Waals surface area contributed by atoms with Crippen LogP contribution in [0.2, 0.25) is 0 Å². The van der Waals surface area contributed by atoms with Crippen molar-refractivity contribution in [1.82, 2.24) is 5.32 Å². The minimum absolute atomic E-state index is 0.157. The number of benzene rings is 1. The number of hydrogen-bond acceptors (Lipinski definition) is 2. The number of aryl methyl sites for hydroxylation is 1. The van der Waals surface area contributed by atoms with Gasteiger partial charge in [-0.05, 0) is 69.3 Å². The van der Waals surface area contributed by atoms with E-state index >= 15 is 0 Å². The molecule has 26 heavy (non-hydrogen) atoms. The van der Waals surface area contributed by atoms with Crippen molar-refractivity contribution >= 4 is 5.91 Å². The Morgan fingerprint density at radius 1 is 0.962 bits per heavy atom. The molecule has 1 aromatic rings. The van der Waals surface area contributed by atoms with Gasteiger partial charge < -0.3 is 10.4 Å². The Morgan fingerprint density at radius 2 is 1.69 bits per heavy atom. The molecule has 0 saturated heterocycles. The van der Waals surface area contributed by atoms with Gasteiger partial charge in [0.2, 0.25) is 5.91 Å². The van der Waals surface area contributed by atoms with Crippen LogP contribution < -0.4 is 5.32 Å². The summed E-state index contributed by atoms with van der Waals surface area (Å²) in [4.78, 5) is 12.8. The highest BCUT2D eigenvalue weighted by molar-refractivity contribution is 5.79. The molecule has 0 bridgehead atoms. The predicted octanol–water partition coefficient (Wildman–Crippen LogP) is 4.63. The molecule has 0 heterocycles. The SMILES string of the molecule is O=C(NC1CCC(O)CC1)C1CCCCC1CCCCc1ccccc1. The first kappa shape index (κ1) is 19.4. The average molecular weight is 358 g/mol. The minimum atomic E-state index is -0.157. The number of aliphatic hydroxyl groups excluding tert-OH is 1. The summed E-state index contributed by atoms with van der Waals surface area (Å²) < 4.78 is 0. The fourth-order valence-corrected chi connectivity index (χ4v) is 4.81. The van der Waals surface area contributed by atoms with E-state index in [-0.39, 0.29) is 18.1 Å². The van der Waals surface area contributed by atoms with Gasteiger partial charge in [-0.1, -0.05) is 49.6 Å². The van der Waals surface area contributed by atoms with Gasteiger partial charge in [0, 0.05) is 12.0 Å². The van der Waals surface area contributed by atoms with Crippen LogP contribution in [0.5, 0.6) is 0 Å². The lowest BCUT2D eigenvalue weighted by Crippen LogP contribution is -2.44. The smallest absolute Gasteiger partial charge is 0.223 e. The summed E-state index contributed by atoms with van der Waals surface area (Å²) in [5, 5.41) is 12.9. The summed E-state index contributed by atoms with van der Waals surface area (Å²) in [5.74, 6) is 1.07. The van der Waals surface area contributed by atoms with Gasteiger partial charge in [0.05, 0.1) is 6.10 Å². The van der Waals surface area contributed by atoms with Crippen LogP contribution >= 0.6 is 0 Å². The quantitative estimate of drug-likeness (QED) is 0.699. The Morgan fingerprint density at radius 3 is 2.46 bits per heavy atom. The number of hydrogen-bond donors (Lipinski definition) is 2. The molecule has 2 saturated carbocycles. The van der Waals surface area contributed by atoms with Crippen LogP contribution in [-0.4, -0.2) is 23.2 Å². The molecule has 0 radical (unpaired) electrons. The third-order valence-electron chi connectivity index (χ3n) is 6.42. The molecule has 2 atom stereocenters. The highest BCUT2D eigenvalue weighted by atomic mass is 16.3. The van der Waals surface area contributed by atoms with Crippen molar-refractivity contribution in [3.63, 3.8) is 0 Å². The molecule has 2 unspecified atom stereocenters. The Balaban J connectivity index is 1.42. The van der Waals surface area contributed by atoms with Crippen molar-refractivity contribution in [3.8, 4) is 0 Å². The molecule has 3 nitrogen and oxygen atoms in total. The van der Waals surface area contributed by atoms with Crippen molar-refractivity contribution < 1.29 is 9.90 Å². The predicted molar refractivity (Wildman–Crippen MR) is 106 cm³/mol. The van der Waals surface area contributed by atoms with E-state index in [4.69, 9.17) is 0 Å². The van der Waals surface area contributed by atoms with Crippen molar-refractivity contribution in [3.05, 3.63) is 35.9 Å². The number of carbonyl (C=O) groups excluding carboxylic acids is 1. The molecule has 2 fully saturated rings. The highest BCUT2D eigenvalue weighted by Crippen LogP contribution is 2.34. The molecule has 2 N–H and O–H groups in total. The van der Waals surface area contributed by atoms with Gasteiger partial charge in [0.25, 0.3) is 0 Å². The minimum Gasteiger partial charge on any atom is -0.393 e. The number of unbranched alkanes of at least 4 members (excludes halogenated alkanes) is 1. The summed E-state index contributed by atoms with van der Waals surface area (Å²) in [6.07, 6.45) is 12.9. The first-order valence-corrected chi connectivity index (χ1v) is 10.7. The van der Waals surface area contributed by atoms with E-state index in [1.165, 1.54) is 44.1 Å². The largest absolute Gasteiger partial charge is 0.393 e. The fourth-order valence-electron chi connectivity index (χ4n) is 4.81. The van der Waals surface area contributed by atoms with Crippen LogP contribution in [0.25, 0.3) is 0 Å². The molecule has 2 aliphatic rings. The maximum atomic E-state index is 12.8. The van der Waals surface area contributed by atoms with Gasteiger partial charge in [0.1, 0.15) is 0 Å². The van der Waals surface area contributed by atoms with Gasteiger partial charge in [-0.3, -0.25) is 4.79 Å². The maximum absolute atomic E-state index is 12.8. The third-order valence-corrected chi connectivity index (χ3v) is 6.42. The molecule has 0 spiro atoms. The molecule has 3 rings (SSSR count). The summed E-state index contributed by atoms with van der Waals surface area (Å²) in [5.41, 5.74) is 1.42. The highest BCUT2D eigenvalue weighted by Gasteiger charge is 2.32. The van der Waals surface area contributed by atoms with E-state index < -0.39 is 0 Å². The van der Waals surface area contributed by atoms with E-state index in [0.717, 1.165) is 38.5 Å². The first-order valence-electron chi connectivity index (χ1n) is 10.7. The molecular weight excluding hydrogens is 322 g/mol. The monoisotopic (exact) mass is 357 g/mol. The zero-order valence-electron chi connectivity index (χ0n) is 16.0. The van der Waals surface area contributed by atoms with Gasteiger partial charge in [-0.25, -0.2) is 0 Å². The topological polar surface area (TPSA) is 49.3 Å². The molecule has 2 aliphatic carbocycles. The van der Waals surface area contributed by atoms with Crippen LogP contribution in [0, 0.1) is 11.8 Å². The van der Waals surface area contributed by atoms with Crippen molar-refractivity contribution in [2.24, 2.45) is 11.8 Å². The van der Waals surface area contributed by atoms with Crippen LogP contribution in [0.3, 0.4) is 0 Å².